The number of halogens is 1. The molecule has 188 valence electrons. The van der Waals surface area contributed by atoms with E-state index in [0.29, 0.717) is 35.1 Å². The number of hydroxylamine groups is 3. The molecule has 5 rings (SSSR count). The minimum Gasteiger partial charge on any atom is -0.385 e. The number of tetrazole rings is 1. The number of methoxy groups -OCH3 is 1. The highest BCUT2D eigenvalue weighted by molar-refractivity contribution is 6.31. The van der Waals surface area contributed by atoms with Gasteiger partial charge in [-0.05, 0) is 53.2 Å². The Morgan fingerprint density at radius 1 is 1.19 bits per heavy atom. The molecule has 1 saturated heterocycles. The van der Waals surface area contributed by atoms with E-state index in [9.17, 15) is 4.79 Å². The largest absolute Gasteiger partial charge is 0.385 e. The molecule has 1 atom stereocenters. The summed E-state index contributed by atoms with van der Waals surface area (Å²) in [6.07, 6.45) is 3.76. The Balaban J connectivity index is 1.29. The van der Waals surface area contributed by atoms with Crippen LogP contribution >= 0.6 is 11.6 Å². The van der Waals surface area contributed by atoms with E-state index in [1.54, 1.807) is 30.0 Å². The number of nitrogens with one attached hydrogen (secondary N) is 1. The van der Waals surface area contributed by atoms with Gasteiger partial charge in [0.05, 0.1) is 16.9 Å². The molecule has 14 heteroatoms. The molecule has 0 saturated carbocycles. The third-order valence-corrected chi connectivity index (χ3v) is 5.85. The maximum atomic E-state index is 13.2. The number of aryl methyl sites for hydroxylation is 1. The van der Waals surface area contributed by atoms with E-state index in [0.717, 1.165) is 10.9 Å². The second-order valence-electron chi connectivity index (χ2n) is 8.06. The van der Waals surface area contributed by atoms with Gasteiger partial charge in [0.15, 0.2) is 13.5 Å². The molecule has 1 amide bonds. The fraction of sp³-hybridized carbons (Fsp3) is 0.318. The van der Waals surface area contributed by atoms with Gasteiger partial charge in [-0.2, -0.15) is 9.78 Å². The Morgan fingerprint density at radius 2 is 2.08 bits per heavy atom. The quantitative estimate of drug-likeness (QED) is 0.374. The molecule has 1 unspecified atom stereocenters. The summed E-state index contributed by atoms with van der Waals surface area (Å²) in [7, 11) is 3.44. The Bertz CT molecular complexity index is 1340. The number of ether oxygens (including phenoxy) is 1. The van der Waals surface area contributed by atoms with Crippen molar-refractivity contribution in [3.05, 3.63) is 53.9 Å². The van der Waals surface area contributed by atoms with Gasteiger partial charge in [0.2, 0.25) is 5.91 Å². The standard InChI is InChI=1S/C22H24ClN9O4/c1-29-11-15-9-17(4-5-18(15)26-29)25-22(33)20(7-8-34-2)31-13-36-32(14-35-31)21-10-16(23)3-6-19(21)30-12-24-27-28-30/h3-6,9-12,20H,7-8,13-14H2,1-2H3,(H,25,33). The summed E-state index contributed by atoms with van der Waals surface area (Å²) in [4.78, 5) is 25.1. The molecule has 2 aromatic carbocycles. The maximum Gasteiger partial charge on any atom is 0.244 e. The number of carbonyl (C=O) groups excluding carboxylic acids is 1. The van der Waals surface area contributed by atoms with Gasteiger partial charge in [-0.1, -0.05) is 11.6 Å². The number of hydrogen-bond acceptors (Lipinski definition) is 10. The molecule has 2 aromatic heterocycles. The highest BCUT2D eigenvalue weighted by Crippen LogP contribution is 2.30. The number of nitrogens with zero attached hydrogens (tertiary/aromatic N) is 8. The second-order valence-corrected chi connectivity index (χ2v) is 8.50. The third-order valence-electron chi connectivity index (χ3n) is 5.62. The van der Waals surface area contributed by atoms with Crippen LogP contribution in [-0.4, -0.2) is 74.2 Å². The molecule has 1 aliphatic heterocycles. The first-order chi connectivity index (χ1) is 17.5. The van der Waals surface area contributed by atoms with Crippen LogP contribution in [0.5, 0.6) is 0 Å². The maximum absolute atomic E-state index is 13.2. The normalized spacial score (nSPS) is 15.4. The van der Waals surface area contributed by atoms with Gasteiger partial charge in [0, 0.05) is 43.1 Å². The van der Waals surface area contributed by atoms with Gasteiger partial charge in [0.1, 0.15) is 12.4 Å². The van der Waals surface area contributed by atoms with E-state index in [4.69, 9.17) is 26.0 Å². The van der Waals surface area contributed by atoms with E-state index < -0.39 is 6.04 Å². The molecule has 1 fully saturated rings. The molecule has 0 bridgehead atoms. The Hall–Kier alpha value is -3.62. The minimum atomic E-state index is -0.657. The number of anilines is 2. The molecule has 0 aliphatic carbocycles. The molecule has 3 heterocycles. The zero-order chi connectivity index (χ0) is 25.1. The predicted octanol–water partition coefficient (Wildman–Crippen LogP) is 2.15. The molecular formula is C22H24ClN9O4. The van der Waals surface area contributed by atoms with E-state index in [1.807, 2.05) is 31.4 Å². The lowest BCUT2D eigenvalue weighted by Crippen LogP contribution is -2.52. The van der Waals surface area contributed by atoms with Crippen molar-refractivity contribution >= 4 is 39.8 Å². The lowest BCUT2D eigenvalue weighted by atomic mass is 10.1. The SMILES string of the molecule is COCCC(C(=O)Nc1ccc2nn(C)cc2c1)N1CON(c2cc(Cl)ccc2-n2cnnn2)CO1. The molecule has 0 radical (unpaired) electrons. The van der Waals surface area contributed by atoms with Gasteiger partial charge >= 0.3 is 0 Å². The molecule has 4 aromatic rings. The van der Waals surface area contributed by atoms with Crippen molar-refractivity contribution < 1.29 is 19.2 Å². The van der Waals surface area contributed by atoms with Crippen LogP contribution in [0.25, 0.3) is 16.6 Å². The first-order valence-corrected chi connectivity index (χ1v) is 11.5. The highest BCUT2D eigenvalue weighted by Gasteiger charge is 2.32. The smallest absolute Gasteiger partial charge is 0.244 e. The van der Waals surface area contributed by atoms with Crippen molar-refractivity contribution in [1.82, 2.24) is 35.1 Å². The monoisotopic (exact) mass is 513 g/mol. The minimum absolute atomic E-state index is 0.00781. The average molecular weight is 514 g/mol. The molecule has 1 N–H and O–H groups in total. The van der Waals surface area contributed by atoms with Crippen molar-refractivity contribution in [2.45, 2.75) is 12.5 Å². The van der Waals surface area contributed by atoms with Gasteiger partial charge in [-0.3, -0.25) is 19.2 Å². The first-order valence-electron chi connectivity index (χ1n) is 11.1. The predicted molar refractivity (Wildman–Crippen MR) is 130 cm³/mol. The number of amides is 1. The first kappa shape index (κ1) is 24.1. The van der Waals surface area contributed by atoms with Crippen LogP contribution in [-0.2, 0) is 26.3 Å². The van der Waals surface area contributed by atoms with Crippen LogP contribution in [0, 0.1) is 0 Å². The number of benzene rings is 2. The second kappa shape index (κ2) is 10.6. The fourth-order valence-corrected chi connectivity index (χ4v) is 4.06. The van der Waals surface area contributed by atoms with Gasteiger partial charge in [-0.15, -0.1) is 10.2 Å². The zero-order valence-corrected chi connectivity index (χ0v) is 20.4. The number of rotatable bonds is 8. The summed E-state index contributed by atoms with van der Waals surface area (Å²) in [5.41, 5.74) is 2.77. The third kappa shape index (κ3) is 5.15. The van der Waals surface area contributed by atoms with Crippen LogP contribution in [0.3, 0.4) is 0 Å². The number of aromatic nitrogens is 6. The van der Waals surface area contributed by atoms with Crippen molar-refractivity contribution in [3.8, 4) is 5.69 Å². The summed E-state index contributed by atoms with van der Waals surface area (Å²) in [6.45, 7) is 0.361. The molecule has 1 aliphatic rings. The molecular weight excluding hydrogens is 490 g/mol. The van der Waals surface area contributed by atoms with Crippen LogP contribution in [0.2, 0.25) is 5.02 Å². The Kier molecular flexibility index (Phi) is 7.06. The van der Waals surface area contributed by atoms with E-state index in [-0.39, 0.29) is 19.4 Å². The number of fused-ring (bicyclic) bond motifs is 1. The lowest BCUT2D eigenvalue weighted by molar-refractivity contribution is -0.280. The topological polar surface area (TPSA) is 125 Å². The zero-order valence-electron chi connectivity index (χ0n) is 19.6. The van der Waals surface area contributed by atoms with Gasteiger partial charge in [-0.25, -0.2) is 5.06 Å². The summed E-state index contributed by atoms with van der Waals surface area (Å²) < 4.78 is 8.45. The van der Waals surface area contributed by atoms with Gasteiger partial charge in [0.25, 0.3) is 0 Å². The van der Waals surface area contributed by atoms with Crippen LogP contribution in [0.4, 0.5) is 11.4 Å². The van der Waals surface area contributed by atoms with E-state index in [1.165, 1.54) is 21.1 Å². The summed E-state index contributed by atoms with van der Waals surface area (Å²) >= 11 is 6.22. The number of carbonyl (C=O) groups is 1. The van der Waals surface area contributed by atoms with Crippen LogP contribution in [0.15, 0.2) is 48.9 Å². The van der Waals surface area contributed by atoms with Crippen LogP contribution in [0.1, 0.15) is 6.42 Å². The fourth-order valence-electron chi connectivity index (χ4n) is 3.90. The average Bonchev–Trinajstić information content (AvgIpc) is 3.53. The van der Waals surface area contributed by atoms with E-state index in [2.05, 4.69) is 25.9 Å². The van der Waals surface area contributed by atoms with Crippen molar-refractivity contribution in [2.75, 3.05) is 37.6 Å². The molecule has 0 spiro atoms. The van der Waals surface area contributed by atoms with Crippen molar-refractivity contribution in [3.63, 3.8) is 0 Å². The summed E-state index contributed by atoms with van der Waals surface area (Å²) in [5.74, 6) is -0.246. The highest BCUT2D eigenvalue weighted by atomic mass is 35.5. The lowest BCUT2D eigenvalue weighted by Gasteiger charge is -2.38. The van der Waals surface area contributed by atoms with Crippen LogP contribution < -0.4 is 10.4 Å². The van der Waals surface area contributed by atoms with Crippen molar-refractivity contribution in [2.24, 2.45) is 7.05 Å². The van der Waals surface area contributed by atoms with Crippen molar-refractivity contribution in [1.29, 1.82) is 0 Å². The summed E-state index contributed by atoms with van der Waals surface area (Å²) in [5, 5.41) is 23.1. The Labute approximate surface area is 211 Å². The molecule has 13 nitrogen and oxygen atoms in total. The summed E-state index contributed by atoms with van der Waals surface area (Å²) in [6, 6.07) is 10.1. The molecule has 36 heavy (non-hydrogen) atoms. The van der Waals surface area contributed by atoms with E-state index >= 15 is 0 Å². The number of hydrogen-bond donors (Lipinski definition) is 1. The Morgan fingerprint density at radius 3 is 2.83 bits per heavy atom. The van der Waals surface area contributed by atoms with Gasteiger partial charge < -0.3 is 10.1 Å².